The fourth-order valence-electron chi connectivity index (χ4n) is 3.64. The Morgan fingerprint density at radius 3 is 2.66 bits per heavy atom. The van der Waals surface area contributed by atoms with E-state index in [1.807, 2.05) is 54.6 Å². The van der Waals surface area contributed by atoms with Crippen molar-refractivity contribution < 1.29 is 14.6 Å². The summed E-state index contributed by atoms with van der Waals surface area (Å²) in [5.41, 5.74) is 3.48. The minimum Gasteiger partial charge on any atom is -0.457 e. The summed E-state index contributed by atoms with van der Waals surface area (Å²) in [5.74, 6) is 1.64. The Balaban J connectivity index is 1.49. The van der Waals surface area contributed by atoms with Gasteiger partial charge in [-0.2, -0.15) is 0 Å². The van der Waals surface area contributed by atoms with Crippen LogP contribution in [0.5, 0.6) is 11.5 Å². The molecule has 4 rings (SSSR count). The van der Waals surface area contributed by atoms with Crippen LogP contribution in [-0.2, 0) is 10.2 Å². The van der Waals surface area contributed by atoms with Gasteiger partial charge in [-0.05, 0) is 52.9 Å². The van der Waals surface area contributed by atoms with Gasteiger partial charge >= 0.3 is 0 Å². The maximum absolute atomic E-state index is 12.9. The van der Waals surface area contributed by atoms with Crippen LogP contribution < -0.4 is 15.4 Å². The zero-order valence-electron chi connectivity index (χ0n) is 20.2. The van der Waals surface area contributed by atoms with Crippen molar-refractivity contribution >= 4 is 23.5 Å². The molecule has 35 heavy (non-hydrogen) atoms. The summed E-state index contributed by atoms with van der Waals surface area (Å²) in [5, 5.41) is 16.0. The van der Waals surface area contributed by atoms with Crippen LogP contribution in [0, 0.1) is 0 Å². The van der Waals surface area contributed by atoms with Gasteiger partial charge < -0.3 is 20.5 Å². The van der Waals surface area contributed by atoms with Crippen LogP contribution in [0.3, 0.4) is 0 Å². The first-order valence-corrected chi connectivity index (χ1v) is 11.6. The predicted molar refractivity (Wildman–Crippen MR) is 139 cm³/mol. The van der Waals surface area contributed by atoms with E-state index in [9.17, 15) is 9.90 Å². The molecular formula is C28H30N4O3. The van der Waals surface area contributed by atoms with Crippen molar-refractivity contribution in [2.45, 2.75) is 26.2 Å². The Morgan fingerprint density at radius 1 is 1.11 bits per heavy atom. The van der Waals surface area contributed by atoms with Crippen molar-refractivity contribution in [2.24, 2.45) is 4.99 Å². The normalized spacial score (nSPS) is 13.7. The molecular weight excluding hydrogens is 440 g/mol. The molecule has 2 heterocycles. The number of rotatable bonds is 7. The number of anilines is 1. The quantitative estimate of drug-likeness (QED) is 0.441. The second-order valence-corrected chi connectivity index (χ2v) is 9.32. The number of hydrogen-bond acceptors (Lipinski definition) is 6. The molecule has 7 heteroatoms. The topological polar surface area (TPSA) is 95.8 Å². The largest absolute Gasteiger partial charge is 0.457 e. The third-order valence-corrected chi connectivity index (χ3v) is 5.53. The van der Waals surface area contributed by atoms with E-state index in [0.29, 0.717) is 17.2 Å². The molecule has 0 saturated heterocycles. The lowest BCUT2D eigenvalue weighted by Crippen LogP contribution is -2.20. The summed E-state index contributed by atoms with van der Waals surface area (Å²) >= 11 is 0. The molecule has 0 unspecified atom stereocenters. The van der Waals surface area contributed by atoms with E-state index in [1.54, 1.807) is 18.3 Å². The van der Waals surface area contributed by atoms with Crippen LogP contribution in [0.2, 0.25) is 0 Å². The Hall–Kier alpha value is -3.97. The van der Waals surface area contributed by atoms with E-state index in [-0.39, 0.29) is 16.9 Å². The van der Waals surface area contributed by atoms with E-state index < -0.39 is 6.61 Å². The highest BCUT2D eigenvalue weighted by Gasteiger charge is 2.15. The van der Waals surface area contributed by atoms with Gasteiger partial charge in [0, 0.05) is 30.1 Å². The lowest BCUT2D eigenvalue weighted by Gasteiger charge is -2.20. The fraction of sp³-hybridized carbons (Fsp3) is 0.250. The van der Waals surface area contributed by atoms with Gasteiger partial charge in [-0.3, -0.25) is 14.8 Å². The summed E-state index contributed by atoms with van der Waals surface area (Å²) in [6, 6.07) is 18.7. The molecule has 0 atom stereocenters. The van der Waals surface area contributed by atoms with Crippen LogP contribution in [0.25, 0.3) is 6.08 Å². The van der Waals surface area contributed by atoms with Crippen molar-refractivity contribution in [3.8, 4) is 11.5 Å². The molecule has 1 aliphatic rings. The second kappa shape index (κ2) is 10.5. The fourth-order valence-corrected chi connectivity index (χ4v) is 3.64. The van der Waals surface area contributed by atoms with Gasteiger partial charge in [0.05, 0.1) is 13.2 Å². The lowest BCUT2D eigenvalue weighted by atomic mass is 9.87. The number of carbonyl (C=O) groups is 1. The minimum absolute atomic E-state index is 0.0343. The van der Waals surface area contributed by atoms with Crippen LogP contribution in [-0.4, -0.2) is 41.5 Å². The number of amides is 1. The molecule has 180 valence electrons. The Kier molecular flexibility index (Phi) is 7.27. The number of nitrogens with one attached hydrogen (secondary N) is 2. The van der Waals surface area contributed by atoms with Crippen molar-refractivity contribution in [2.75, 3.05) is 25.0 Å². The zero-order chi connectivity index (χ0) is 24.8. The first kappa shape index (κ1) is 24.2. The molecule has 1 aromatic heterocycles. The second-order valence-electron chi connectivity index (χ2n) is 9.32. The van der Waals surface area contributed by atoms with Gasteiger partial charge in [0.1, 0.15) is 23.0 Å². The summed E-state index contributed by atoms with van der Waals surface area (Å²) in [6.07, 6.45) is 3.34. The molecule has 7 nitrogen and oxygen atoms in total. The zero-order valence-corrected chi connectivity index (χ0v) is 20.2. The molecule has 1 amide bonds. The molecule has 0 radical (unpaired) electrons. The van der Waals surface area contributed by atoms with Crippen molar-refractivity contribution in [1.82, 2.24) is 10.3 Å². The van der Waals surface area contributed by atoms with Crippen LogP contribution >= 0.6 is 0 Å². The number of benzene rings is 2. The lowest BCUT2D eigenvalue weighted by molar-refractivity contribution is -0.113. The smallest absolute Gasteiger partial charge is 0.253 e. The number of nitrogens with zero attached hydrogens (tertiary/aromatic N) is 2. The number of amidine groups is 1. The SMILES string of the molecule is CC(C)(C)c1cccc(NC(=O)/C(=C/c2cccc(Oc3ccnc(C4=NCCN4)c3)c2)CO)c1. The average molecular weight is 471 g/mol. The van der Waals surface area contributed by atoms with Crippen LogP contribution in [0.15, 0.2) is 77.4 Å². The average Bonchev–Trinajstić information content (AvgIpc) is 3.38. The summed E-state index contributed by atoms with van der Waals surface area (Å²) in [7, 11) is 0. The number of ether oxygens (including phenoxy) is 1. The standard InChI is InChI=1S/C28H30N4O3/c1-28(2,3)21-7-5-8-22(16-21)32-27(34)20(18-33)14-19-6-4-9-23(15-19)35-24-10-11-29-25(17-24)26-30-12-13-31-26/h4-11,14-17,33H,12-13,18H2,1-3H3,(H,30,31)(H,32,34)/b20-14+. The van der Waals surface area contributed by atoms with Gasteiger partial charge in [0.2, 0.25) is 0 Å². The number of aromatic nitrogens is 1. The van der Waals surface area contributed by atoms with Crippen LogP contribution in [0.4, 0.5) is 5.69 Å². The number of hydrogen-bond donors (Lipinski definition) is 3. The highest BCUT2D eigenvalue weighted by atomic mass is 16.5. The van der Waals surface area contributed by atoms with Crippen molar-refractivity contribution in [3.63, 3.8) is 0 Å². The predicted octanol–water partition coefficient (Wildman–Crippen LogP) is 4.54. The van der Waals surface area contributed by atoms with Gasteiger partial charge in [-0.25, -0.2) is 0 Å². The minimum atomic E-state index is -0.390. The van der Waals surface area contributed by atoms with Gasteiger partial charge in [-0.1, -0.05) is 45.0 Å². The third-order valence-electron chi connectivity index (χ3n) is 5.53. The van der Waals surface area contributed by atoms with Gasteiger partial charge in [0.15, 0.2) is 0 Å². The highest BCUT2D eigenvalue weighted by molar-refractivity contribution is 6.07. The molecule has 1 aliphatic heterocycles. The number of aliphatic hydroxyl groups excluding tert-OH is 1. The molecule has 2 aromatic carbocycles. The van der Waals surface area contributed by atoms with Crippen molar-refractivity contribution in [1.29, 1.82) is 0 Å². The monoisotopic (exact) mass is 470 g/mol. The molecule has 0 saturated carbocycles. The third kappa shape index (κ3) is 6.33. The highest BCUT2D eigenvalue weighted by Crippen LogP contribution is 2.26. The van der Waals surface area contributed by atoms with Crippen LogP contribution in [0.1, 0.15) is 37.6 Å². The summed E-state index contributed by atoms with van der Waals surface area (Å²) in [6.45, 7) is 7.51. The molecule has 3 N–H and O–H groups in total. The Bertz CT molecular complexity index is 1270. The maximum atomic E-state index is 12.9. The molecule has 0 bridgehead atoms. The summed E-state index contributed by atoms with van der Waals surface area (Å²) < 4.78 is 6.02. The van der Waals surface area contributed by atoms with Gasteiger partial charge in [0.25, 0.3) is 5.91 Å². The number of aliphatic hydroxyl groups is 1. The van der Waals surface area contributed by atoms with Gasteiger partial charge in [-0.15, -0.1) is 0 Å². The molecule has 3 aromatic rings. The molecule has 0 spiro atoms. The Labute approximate surface area is 205 Å². The Morgan fingerprint density at radius 2 is 1.91 bits per heavy atom. The molecule has 0 aliphatic carbocycles. The maximum Gasteiger partial charge on any atom is 0.253 e. The molecule has 0 fully saturated rings. The van der Waals surface area contributed by atoms with E-state index >= 15 is 0 Å². The van der Waals surface area contributed by atoms with E-state index in [0.717, 1.165) is 35.7 Å². The van der Waals surface area contributed by atoms with E-state index in [2.05, 4.69) is 41.4 Å². The number of pyridine rings is 1. The summed E-state index contributed by atoms with van der Waals surface area (Å²) in [4.78, 5) is 21.6. The first-order valence-electron chi connectivity index (χ1n) is 11.6. The van der Waals surface area contributed by atoms with Crippen molar-refractivity contribution in [3.05, 3.63) is 89.3 Å². The van der Waals surface area contributed by atoms with E-state index in [4.69, 9.17) is 4.74 Å². The number of aliphatic imine (C=N–C) groups is 1. The first-order chi connectivity index (χ1) is 16.8. The van der Waals surface area contributed by atoms with E-state index in [1.165, 1.54) is 0 Å². The number of carbonyl (C=O) groups excluding carboxylic acids is 1.